The van der Waals surface area contributed by atoms with Crippen LogP contribution < -0.4 is 0 Å². The smallest absolute Gasteiger partial charge is 0.260 e. The lowest BCUT2D eigenvalue weighted by molar-refractivity contribution is -0.127. The maximum absolute atomic E-state index is 13.1. The molecule has 2 aromatic carbocycles. The lowest BCUT2D eigenvalue weighted by atomic mass is 10.2. The summed E-state index contributed by atoms with van der Waals surface area (Å²) in [4.78, 5) is 27.8. The molecule has 25 heavy (non-hydrogen) atoms. The minimum Gasteiger partial charge on any atom is -0.278 e. The quantitative estimate of drug-likeness (QED) is 0.721. The average molecular weight is 378 g/mol. The second-order valence-electron chi connectivity index (χ2n) is 5.86. The molecule has 1 aliphatic rings. The third kappa shape index (κ3) is 4.41. The highest BCUT2D eigenvalue weighted by Gasteiger charge is 2.32. The molecule has 0 spiro atoms. The Morgan fingerprint density at radius 3 is 2.44 bits per heavy atom. The number of amides is 2. The van der Waals surface area contributed by atoms with Crippen LogP contribution in [-0.4, -0.2) is 28.5 Å². The second kappa shape index (κ2) is 8.02. The SMILES string of the molecule is O=C(c1ccc(F)cc1)N1CCCC[C@@H](Sc2ccc(Cl)cc2)C1=O. The van der Waals surface area contributed by atoms with Crippen LogP contribution in [0.4, 0.5) is 4.39 Å². The van der Waals surface area contributed by atoms with E-state index in [-0.39, 0.29) is 17.1 Å². The highest BCUT2D eigenvalue weighted by atomic mass is 35.5. The van der Waals surface area contributed by atoms with E-state index in [1.54, 1.807) is 12.1 Å². The van der Waals surface area contributed by atoms with E-state index in [1.165, 1.54) is 40.9 Å². The Bertz CT molecular complexity index is 764. The Balaban J connectivity index is 1.77. The van der Waals surface area contributed by atoms with Crippen LogP contribution in [0, 0.1) is 5.82 Å². The molecule has 0 radical (unpaired) electrons. The van der Waals surface area contributed by atoms with Crippen molar-refractivity contribution in [3.63, 3.8) is 0 Å². The van der Waals surface area contributed by atoms with Crippen molar-refractivity contribution in [2.24, 2.45) is 0 Å². The summed E-state index contributed by atoms with van der Waals surface area (Å²) in [5.74, 6) is -0.963. The van der Waals surface area contributed by atoms with Gasteiger partial charge in [0.25, 0.3) is 5.91 Å². The molecule has 6 heteroatoms. The zero-order valence-electron chi connectivity index (χ0n) is 13.5. The zero-order valence-corrected chi connectivity index (χ0v) is 15.0. The first-order valence-electron chi connectivity index (χ1n) is 8.08. The molecule has 2 aromatic rings. The van der Waals surface area contributed by atoms with Gasteiger partial charge < -0.3 is 0 Å². The van der Waals surface area contributed by atoms with Crippen molar-refractivity contribution in [1.82, 2.24) is 4.90 Å². The number of likely N-dealkylation sites (tertiary alicyclic amines) is 1. The Hall–Kier alpha value is -1.85. The fourth-order valence-corrected chi connectivity index (χ4v) is 4.00. The molecule has 0 unspecified atom stereocenters. The van der Waals surface area contributed by atoms with E-state index in [0.29, 0.717) is 17.1 Å². The lowest BCUT2D eigenvalue weighted by Gasteiger charge is -2.22. The van der Waals surface area contributed by atoms with Gasteiger partial charge in [0.05, 0.1) is 5.25 Å². The van der Waals surface area contributed by atoms with E-state index in [2.05, 4.69) is 0 Å². The summed E-state index contributed by atoms with van der Waals surface area (Å²) >= 11 is 7.35. The van der Waals surface area contributed by atoms with Gasteiger partial charge in [-0.3, -0.25) is 14.5 Å². The molecule has 0 bridgehead atoms. The Labute approximate surface area is 155 Å². The van der Waals surface area contributed by atoms with Crippen LogP contribution in [0.3, 0.4) is 0 Å². The molecule has 0 aromatic heterocycles. The van der Waals surface area contributed by atoms with Crippen molar-refractivity contribution in [2.45, 2.75) is 29.4 Å². The first kappa shape index (κ1) is 18.0. The molecule has 1 heterocycles. The molecule has 1 atom stereocenters. The van der Waals surface area contributed by atoms with Crippen molar-refractivity contribution in [3.8, 4) is 0 Å². The van der Waals surface area contributed by atoms with Gasteiger partial charge in [-0.25, -0.2) is 4.39 Å². The number of carbonyl (C=O) groups excluding carboxylic acids is 2. The molecule has 2 amide bonds. The summed E-state index contributed by atoms with van der Waals surface area (Å²) < 4.78 is 13.1. The number of nitrogens with zero attached hydrogens (tertiary/aromatic N) is 1. The van der Waals surface area contributed by atoms with E-state index in [4.69, 9.17) is 11.6 Å². The van der Waals surface area contributed by atoms with E-state index < -0.39 is 5.82 Å². The number of imide groups is 1. The molecule has 3 rings (SSSR count). The van der Waals surface area contributed by atoms with Crippen molar-refractivity contribution in [2.75, 3.05) is 6.54 Å². The van der Waals surface area contributed by atoms with Crippen LogP contribution in [0.1, 0.15) is 29.6 Å². The van der Waals surface area contributed by atoms with Crippen LogP contribution in [0.5, 0.6) is 0 Å². The first-order chi connectivity index (χ1) is 12.0. The third-order valence-electron chi connectivity index (χ3n) is 4.07. The first-order valence-corrected chi connectivity index (χ1v) is 9.34. The van der Waals surface area contributed by atoms with E-state index in [9.17, 15) is 14.0 Å². The van der Waals surface area contributed by atoms with Crippen molar-refractivity contribution in [3.05, 3.63) is 64.9 Å². The molecule has 0 N–H and O–H groups in total. The highest BCUT2D eigenvalue weighted by molar-refractivity contribution is 8.00. The molecule has 3 nitrogen and oxygen atoms in total. The molecule has 0 saturated carbocycles. The topological polar surface area (TPSA) is 37.4 Å². The molecule has 130 valence electrons. The van der Waals surface area contributed by atoms with Crippen LogP contribution in [-0.2, 0) is 4.79 Å². The van der Waals surface area contributed by atoms with Crippen LogP contribution >= 0.6 is 23.4 Å². The van der Waals surface area contributed by atoms with Gasteiger partial charge in [0.15, 0.2) is 0 Å². The zero-order chi connectivity index (χ0) is 17.8. The Morgan fingerprint density at radius 1 is 1.08 bits per heavy atom. The summed E-state index contributed by atoms with van der Waals surface area (Å²) in [6.07, 6.45) is 2.37. The number of hydrogen-bond donors (Lipinski definition) is 0. The largest absolute Gasteiger partial charge is 0.278 e. The second-order valence-corrected chi connectivity index (χ2v) is 7.57. The molecule has 1 saturated heterocycles. The summed E-state index contributed by atoms with van der Waals surface area (Å²) in [5.41, 5.74) is 0.326. The van der Waals surface area contributed by atoms with E-state index >= 15 is 0 Å². The maximum atomic E-state index is 13.1. The van der Waals surface area contributed by atoms with Crippen molar-refractivity contribution >= 4 is 35.2 Å². The predicted octanol–water partition coefficient (Wildman–Crippen LogP) is 4.79. The number of thioether (sulfide) groups is 1. The van der Waals surface area contributed by atoms with Gasteiger partial charge >= 0.3 is 0 Å². The molecular formula is C19H17ClFNO2S. The van der Waals surface area contributed by atoms with Gasteiger partial charge in [-0.2, -0.15) is 0 Å². The highest BCUT2D eigenvalue weighted by Crippen LogP contribution is 2.31. The van der Waals surface area contributed by atoms with Crippen molar-refractivity contribution < 1.29 is 14.0 Å². The lowest BCUT2D eigenvalue weighted by Crippen LogP contribution is -2.41. The molecule has 0 aliphatic carbocycles. The Kier molecular flexibility index (Phi) is 5.76. The van der Waals surface area contributed by atoms with Crippen molar-refractivity contribution in [1.29, 1.82) is 0 Å². The summed E-state index contributed by atoms with van der Waals surface area (Å²) in [6.45, 7) is 0.396. The van der Waals surface area contributed by atoms with E-state index in [1.807, 2.05) is 12.1 Å². The number of rotatable bonds is 3. The standard InChI is InChI=1S/C19H17ClFNO2S/c20-14-6-10-16(11-7-14)25-17-3-1-2-12-22(19(17)24)18(23)13-4-8-15(21)9-5-13/h4-11,17H,1-3,12H2/t17-/m1/s1. The normalized spacial score (nSPS) is 18.1. The van der Waals surface area contributed by atoms with Gasteiger partial charge in [0, 0.05) is 22.0 Å². The van der Waals surface area contributed by atoms with Gasteiger partial charge in [0.1, 0.15) is 5.82 Å². The average Bonchev–Trinajstić information content (AvgIpc) is 2.79. The fraction of sp³-hybridized carbons (Fsp3) is 0.263. The van der Waals surface area contributed by atoms with Crippen LogP contribution in [0.2, 0.25) is 5.02 Å². The van der Waals surface area contributed by atoms with Crippen LogP contribution in [0.25, 0.3) is 0 Å². The molecular weight excluding hydrogens is 361 g/mol. The fourth-order valence-electron chi connectivity index (χ4n) is 2.74. The summed E-state index contributed by atoms with van der Waals surface area (Å²) in [5, 5.41) is 0.331. The maximum Gasteiger partial charge on any atom is 0.260 e. The number of halogens is 2. The van der Waals surface area contributed by atoms with E-state index in [0.717, 1.165) is 24.2 Å². The number of hydrogen-bond acceptors (Lipinski definition) is 3. The van der Waals surface area contributed by atoms with Gasteiger partial charge in [0.2, 0.25) is 5.91 Å². The third-order valence-corrected chi connectivity index (χ3v) is 5.59. The predicted molar refractivity (Wildman–Crippen MR) is 97.4 cm³/mol. The van der Waals surface area contributed by atoms with Gasteiger partial charge in [-0.1, -0.05) is 18.0 Å². The molecule has 1 fully saturated rings. The number of benzene rings is 2. The van der Waals surface area contributed by atoms with Crippen LogP contribution in [0.15, 0.2) is 53.4 Å². The minimum absolute atomic E-state index is 0.188. The van der Waals surface area contributed by atoms with Gasteiger partial charge in [-0.05, 0) is 61.4 Å². The number of carbonyl (C=O) groups is 2. The minimum atomic E-state index is -0.407. The van der Waals surface area contributed by atoms with Gasteiger partial charge in [-0.15, -0.1) is 11.8 Å². The summed E-state index contributed by atoms with van der Waals surface area (Å²) in [6, 6.07) is 12.6. The molecule has 1 aliphatic heterocycles. The Morgan fingerprint density at radius 2 is 1.76 bits per heavy atom. The monoisotopic (exact) mass is 377 g/mol. The summed E-state index contributed by atoms with van der Waals surface area (Å²) in [7, 11) is 0.